The van der Waals surface area contributed by atoms with Crippen LogP contribution in [0.25, 0.3) is 11.1 Å². The van der Waals surface area contributed by atoms with E-state index in [1.165, 1.54) is 25.7 Å². The minimum absolute atomic E-state index is 0.191. The van der Waals surface area contributed by atoms with Crippen LogP contribution in [-0.2, 0) is 11.3 Å². The van der Waals surface area contributed by atoms with Gasteiger partial charge in [0.1, 0.15) is 11.6 Å². The lowest BCUT2D eigenvalue weighted by molar-refractivity contribution is -0.143. The molecular formula is C29H36FNO3. The fraction of sp³-hybridized carbons (Fsp3) is 0.552. The molecule has 3 fully saturated rings. The van der Waals surface area contributed by atoms with Crippen LogP contribution in [-0.4, -0.2) is 35.2 Å². The van der Waals surface area contributed by atoms with E-state index in [0.29, 0.717) is 49.0 Å². The van der Waals surface area contributed by atoms with Crippen LogP contribution in [0.4, 0.5) is 4.39 Å². The van der Waals surface area contributed by atoms with Crippen LogP contribution >= 0.6 is 0 Å². The number of hydrogen-bond donors (Lipinski definition) is 1. The van der Waals surface area contributed by atoms with Gasteiger partial charge in [-0.1, -0.05) is 37.3 Å². The van der Waals surface area contributed by atoms with E-state index in [1.807, 2.05) is 42.5 Å². The van der Waals surface area contributed by atoms with E-state index in [-0.39, 0.29) is 17.8 Å². The van der Waals surface area contributed by atoms with Gasteiger partial charge in [0, 0.05) is 17.7 Å². The summed E-state index contributed by atoms with van der Waals surface area (Å²) >= 11 is 0. The monoisotopic (exact) mass is 465 g/mol. The highest BCUT2D eigenvalue weighted by atomic mass is 19.1. The Labute approximate surface area is 202 Å². The van der Waals surface area contributed by atoms with E-state index in [0.717, 1.165) is 30.1 Å². The van der Waals surface area contributed by atoms with Crippen LogP contribution < -0.4 is 4.74 Å². The summed E-state index contributed by atoms with van der Waals surface area (Å²) in [5.74, 6) is 0.549. The quantitative estimate of drug-likeness (QED) is 0.527. The molecule has 182 valence electrons. The second-order valence-electron chi connectivity index (χ2n) is 10.8. The van der Waals surface area contributed by atoms with Crippen molar-refractivity contribution in [1.82, 2.24) is 4.90 Å². The van der Waals surface area contributed by atoms with Gasteiger partial charge >= 0.3 is 5.97 Å². The standard InChI is InChI=1S/C29H36FNO3/c1-20-9-14-29(20)15-10-25(11-16-29)34-24-7-5-21(6-8-24)26-4-2-3-23(27(26)30)19-31-17-12-22(13-18-31)28(32)33/h2-8,20,22,25H,9-19H2,1H3,(H,32,33). The summed E-state index contributed by atoms with van der Waals surface area (Å²) in [7, 11) is 0. The number of likely N-dealkylation sites (tertiary alicyclic amines) is 1. The van der Waals surface area contributed by atoms with Crippen molar-refractivity contribution in [3.8, 4) is 16.9 Å². The Morgan fingerprint density at radius 3 is 2.29 bits per heavy atom. The molecule has 5 heteroatoms. The van der Waals surface area contributed by atoms with Crippen LogP contribution in [0.3, 0.4) is 0 Å². The largest absolute Gasteiger partial charge is 0.490 e. The van der Waals surface area contributed by atoms with Crippen LogP contribution in [0.2, 0.25) is 0 Å². The van der Waals surface area contributed by atoms with Crippen LogP contribution in [0, 0.1) is 23.1 Å². The van der Waals surface area contributed by atoms with E-state index in [4.69, 9.17) is 4.74 Å². The van der Waals surface area contributed by atoms with E-state index < -0.39 is 5.97 Å². The molecule has 34 heavy (non-hydrogen) atoms. The smallest absolute Gasteiger partial charge is 0.306 e. The summed E-state index contributed by atoms with van der Waals surface area (Å²) in [6.07, 6.45) is 9.13. The highest BCUT2D eigenvalue weighted by Gasteiger charge is 2.46. The van der Waals surface area contributed by atoms with Gasteiger partial charge in [-0.3, -0.25) is 9.69 Å². The van der Waals surface area contributed by atoms with Crippen molar-refractivity contribution >= 4 is 5.97 Å². The predicted molar refractivity (Wildman–Crippen MR) is 131 cm³/mol. The molecule has 0 amide bonds. The summed E-state index contributed by atoms with van der Waals surface area (Å²) in [6.45, 7) is 4.29. The first-order valence-electron chi connectivity index (χ1n) is 12.9. The molecule has 2 aromatic rings. The van der Waals surface area contributed by atoms with Crippen molar-refractivity contribution in [3.05, 3.63) is 53.8 Å². The number of aliphatic carboxylic acids is 1. The number of carbonyl (C=O) groups is 1. The van der Waals surface area contributed by atoms with Gasteiger partial charge in [0.05, 0.1) is 12.0 Å². The molecule has 1 aliphatic heterocycles. The van der Waals surface area contributed by atoms with Gasteiger partial charge in [-0.05, 0) is 93.5 Å². The Morgan fingerprint density at radius 1 is 1.03 bits per heavy atom. The Hall–Kier alpha value is -2.40. The lowest BCUT2D eigenvalue weighted by Gasteiger charge is -2.52. The third-order valence-corrected chi connectivity index (χ3v) is 8.93. The van der Waals surface area contributed by atoms with Crippen molar-refractivity contribution in [1.29, 1.82) is 0 Å². The molecule has 2 aliphatic carbocycles. The molecule has 5 rings (SSSR count). The number of piperidine rings is 1. The number of nitrogens with zero attached hydrogens (tertiary/aromatic N) is 1. The Bertz CT molecular complexity index is 1000. The zero-order valence-electron chi connectivity index (χ0n) is 20.1. The maximum Gasteiger partial charge on any atom is 0.306 e. The maximum atomic E-state index is 15.4. The van der Waals surface area contributed by atoms with Crippen molar-refractivity contribution in [2.45, 2.75) is 70.9 Å². The van der Waals surface area contributed by atoms with Gasteiger partial charge < -0.3 is 9.84 Å². The molecule has 3 aliphatic rings. The highest BCUT2D eigenvalue weighted by Crippen LogP contribution is 2.55. The van der Waals surface area contributed by atoms with Crippen molar-refractivity contribution in [3.63, 3.8) is 0 Å². The number of benzene rings is 2. The van der Waals surface area contributed by atoms with E-state index in [9.17, 15) is 9.90 Å². The average Bonchev–Trinajstić information content (AvgIpc) is 2.86. The first kappa shape index (κ1) is 23.3. The van der Waals surface area contributed by atoms with Gasteiger partial charge in [-0.2, -0.15) is 0 Å². The Morgan fingerprint density at radius 2 is 1.71 bits per heavy atom. The molecule has 2 aromatic carbocycles. The maximum absolute atomic E-state index is 15.4. The zero-order chi connectivity index (χ0) is 23.7. The minimum atomic E-state index is -0.722. The molecule has 4 nitrogen and oxygen atoms in total. The molecule has 0 bridgehead atoms. The molecular weight excluding hydrogens is 429 g/mol. The van der Waals surface area contributed by atoms with E-state index in [1.54, 1.807) is 0 Å². The fourth-order valence-electron chi connectivity index (χ4n) is 6.28. The Kier molecular flexibility index (Phi) is 6.65. The van der Waals surface area contributed by atoms with Gasteiger partial charge in [0.15, 0.2) is 0 Å². The van der Waals surface area contributed by atoms with Gasteiger partial charge in [-0.15, -0.1) is 0 Å². The van der Waals surface area contributed by atoms with Gasteiger partial charge in [-0.25, -0.2) is 4.39 Å². The molecule has 1 heterocycles. The molecule has 1 unspecified atom stereocenters. The lowest BCUT2D eigenvalue weighted by Crippen LogP contribution is -2.43. The minimum Gasteiger partial charge on any atom is -0.490 e. The third-order valence-electron chi connectivity index (χ3n) is 8.93. The zero-order valence-corrected chi connectivity index (χ0v) is 20.1. The van der Waals surface area contributed by atoms with Crippen molar-refractivity contribution < 1.29 is 19.0 Å². The van der Waals surface area contributed by atoms with E-state index in [2.05, 4.69) is 11.8 Å². The number of carboxylic acids is 1. The van der Waals surface area contributed by atoms with E-state index >= 15 is 4.39 Å². The molecule has 0 aromatic heterocycles. The number of hydrogen-bond acceptors (Lipinski definition) is 3. The first-order chi connectivity index (χ1) is 16.4. The van der Waals surface area contributed by atoms with Crippen molar-refractivity contribution in [2.24, 2.45) is 17.3 Å². The normalized spacial score (nSPS) is 27.9. The number of halogens is 1. The molecule has 2 saturated carbocycles. The molecule has 1 spiro atoms. The second-order valence-corrected chi connectivity index (χ2v) is 10.8. The van der Waals surface area contributed by atoms with Crippen molar-refractivity contribution in [2.75, 3.05) is 13.1 Å². The summed E-state index contributed by atoms with van der Waals surface area (Å²) in [5.41, 5.74) is 2.71. The van der Waals surface area contributed by atoms with Gasteiger partial charge in [0.25, 0.3) is 0 Å². The lowest BCUT2D eigenvalue weighted by atomic mass is 9.54. The average molecular weight is 466 g/mol. The molecule has 1 saturated heterocycles. The summed E-state index contributed by atoms with van der Waals surface area (Å²) in [5, 5.41) is 9.19. The summed E-state index contributed by atoms with van der Waals surface area (Å²) in [4.78, 5) is 13.3. The molecule has 1 atom stereocenters. The molecule has 0 radical (unpaired) electrons. The molecule has 1 N–H and O–H groups in total. The number of ether oxygens (including phenoxy) is 1. The van der Waals surface area contributed by atoms with Crippen LogP contribution in [0.15, 0.2) is 42.5 Å². The summed E-state index contributed by atoms with van der Waals surface area (Å²) < 4.78 is 21.7. The summed E-state index contributed by atoms with van der Waals surface area (Å²) in [6, 6.07) is 13.4. The SMILES string of the molecule is CC1CCC12CCC(Oc1ccc(-c3cccc(CN4CCC(C(=O)O)CC4)c3F)cc1)CC2. The first-order valence-corrected chi connectivity index (χ1v) is 12.9. The highest BCUT2D eigenvalue weighted by molar-refractivity contribution is 5.70. The third kappa shape index (κ3) is 4.72. The van der Waals surface area contributed by atoms with Crippen LogP contribution in [0.5, 0.6) is 5.75 Å². The van der Waals surface area contributed by atoms with Crippen LogP contribution in [0.1, 0.15) is 63.9 Å². The fourth-order valence-corrected chi connectivity index (χ4v) is 6.28. The predicted octanol–water partition coefficient (Wildman–Crippen LogP) is 6.53. The number of rotatable bonds is 6. The van der Waals surface area contributed by atoms with Gasteiger partial charge in [0.2, 0.25) is 0 Å². The second kappa shape index (κ2) is 9.69. The Balaban J connectivity index is 1.19. The topological polar surface area (TPSA) is 49.8 Å². The number of carboxylic acid groups (broad SMARTS) is 1.